The van der Waals surface area contributed by atoms with Gasteiger partial charge in [-0.2, -0.15) is 0 Å². The lowest BCUT2D eigenvalue weighted by molar-refractivity contribution is -0.686. The van der Waals surface area contributed by atoms with E-state index in [1.165, 1.54) is 11.1 Å². The van der Waals surface area contributed by atoms with Crippen molar-refractivity contribution >= 4 is 23.2 Å². The Kier molecular flexibility index (Phi) is 5.30. The van der Waals surface area contributed by atoms with Crippen LogP contribution >= 0.6 is 23.2 Å². The number of methoxy groups -OCH3 is 1. The van der Waals surface area contributed by atoms with Gasteiger partial charge < -0.3 is 10.1 Å². The molecule has 2 nitrogen and oxygen atoms in total. The van der Waals surface area contributed by atoms with Gasteiger partial charge in [0.15, 0.2) is 0 Å². The number of hydrogen-bond acceptors (Lipinski definition) is 1. The summed E-state index contributed by atoms with van der Waals surface area (Å²) in [7, 11) is 1.62. The van der Waals surface area contributed by atoms with Gasteiger partial charge in [0, 0.05) is 10.6 Å². The molecule has 2 aromatic carbocycles. The Morgan fingerprint density at radius 3 is 2.40 bits per heavy atom. The van der Waals surface area contributed by atoms with Gasteiger partial charge in [-0.15, -0.1) is 0 Å². The maximum absolute atomic E-state index is 6.12. The summed E-state index contributed by atoms with van der Waals surface area (Å²) in [4.78, 5) is 0. The number of aryl methyl sites for hydroxylation is 1. The highest BCUT2D eigenvalue weighted by atomic mass is 35.5. The van der Waals surface area contributed by atoms with Gasteiger partial charge in [0.05, 0.1) is 17.7 Å². The first kappa shape index (κ1) is 15.2. The Hall–Kier alpha value is -1.22. The fraction of sp³-hybridized carbons (Fsp3) is 0.250. The minimum absolute atomic E-state index is 0.554. The number of benzene rings is 2. The van der Waals surface area contributed by atoms with Crippen LogP contribution in [-0.4, -0.2) is 7.11 Å². The molecule has 0 aromatic heterocycles. The number of ether oxygens (including phenoxy) is 1. The van der Waals surface area contributed by atoms with Crippen molar-refractivity contribution in [2.24, 2.45) is 0 Å². The zero-order chi connectivity index (χ0) is 14.5. The second kappa shape index (κ2) is 6.98. The van der Waals surface area contributed by atoms with Crippen molar-refractivity contribution in [3.63, 3.8) is 0 Å². The highest BCUT2D eigenvalue weighted by Crippen LogP contribution is 2.31. The molecule has 0 radical (unpaired) electrons. The van der Waals surface area contributed by atoms with E-state index >= 15 is 0 Å². The van der Waals surface area contributed by atoms with Gasteiger partial charge in [-0.3, -0.25) is 0 Å². The van der Waals surface area contributed by atoms with E-state index in [-0.39, 0.29) is 0 Å². The lowest BCUT2D eigenvalue weighted by atomic mass is 10.1. The van der Waals surface area contributed by atoms with Crippen molar-refractivity contribution in [1.29, 1.82) is 0 Å². The number of nitrogens with two attached hydrogens (primary N) is 1. The molecule has 0 fully saturated rings. The predicted octanol–water partition coefficient (Wildman–Crippen LogP) is 3.57. The molecule has 0 aliphatic heterocycles. The molecule has 2 rings (SSSR count). The van der Waals surface area contributed by atoms with E-state index in [9.17, 15) is 0 Å². The first-order chi connectivity index (χ1) is 9.60. The molecule has 0 amide bonds. The Morgan fingerprint density at radius 1 is 1.05 bits per heavy atom. The van der Waals surface area contributed by atoms with Crippen LogP contribution in [0.3, 0.4) is 0 Å². The summed E-state index contributed by atoms with van der Waals surface area (Å²) in [6.07, 6.45) is 0. The normalized spacial score (nSPS) is 10.6. The molecule has 2 aromatic rings. The molecule has 0 aliphatic carbocycles. The van der Waals surface area contributed by atoms with E-state index in [4.69, 9.17) is 27.9 Å². The fourth-order valence-electron chi connectivity index (χ4n) is 2.11. The summed E-state index contributed by atoms with van der Waals surface area (Å²) in [6.45, 7) is 3.78. The highest BCUT2D eigenvalue weighted by molar-refractivity contribution is 6.35. The van der Waals surface area contributed by atoms with Crippen LogP contribution in [0, 0.1) is 6.92 Å². The van der Waals surface area contributed by atoms with Crippen LogP contribution in [-0.2, 0) is 13.1 Å². The van der Waals surface area contributed by atoms with Crippen LogP contribution < -0.4 is 10.1 Å². The van der Waals surface area contributed by atoms with E-state index in [1.54, 1.807) is 13.2 Å². The quantitative estimate of drug-likeness (QED) is 0.897. The SMILES string of the molecule is COc1c(Cl)cc(Cl)cc1C[NH2+]Cc1ccc(C)cc1. The van der Waals surface area contributed by atoms with Crippen LogP contribution in [0.4, 0.5) is 0 Å². The molecule has 0 saturated heterocycles. The summed E-state index contributed by atoms with van der Waals surface area (Å²) >= 11 is 12.2. The van der Waals surface area contributed by atoms with Crippen molar-refractivity contribution in [2.45, 2.75) is 20.0 Å². The largest absolute Gasteiger partial charge is 0.495 e. The minimum Gasteiger partial charge on any atom is -0.495 e. The lowest BCUT2D eigenvalue weighted by Crippen LogP contribution is -2.80. The van der Waals surface area contributed by atoms with Gasteiger partial charge in [0.1, 0.15) is 18.8 Å². The maximum atomic E-state index is 6.12. The van der Waals surface area contributed by atoms with Crippen LogP contribution in [0.5, 0.6) is 5.75 Å². The third kappa shape index (κ3) is 3.89. The molecular formula is C16H18Cl2NO+. The summed E-state index contributed by atoms with van der Waals surface area (Å²) in [5, 5.41) is 3.39. The topological polar surface area (TPSA) is 25.8 Å². The maximum Gasteiger partial charge on any atom is 0.146 e. The number of quaternary nitrogens is 1. The average Bonchev–Trinajstić information content (AvgIpc) is 2.40. The standard InChI is InChI=1S/C16H17Cl2NO/c1-11-3-5-12(6-4-11)9-19-10-13-7-14(17)8-15(18)16(13)20-2/h3-8,19H,9-10H2,1-2H3/p+1. The van der Waals surface area contributed by atoms with Gasteiger partial charge in [0.2, 0.25) is 0 Å². The molecule has 0 atom stereocenters. The van der Waals surface area contributed by atoms with Crippen LogP contribution in [0.2, 0.25) is 10.0 Å². The second-order valence-corrected chi connectivity index (χ2v) is 5.61. The molecule has 0 unspecified atom stereocenters. The molecule has 20 heavy (non-hydrogen) atoms. The molecule has 0 bridgehead atoms. The minimum atomic E-state index is 0.554. The van der Waals surface area contributed by atoms with Crippen LogP contribution in [0.25, 0.3) is 0 Å². The highest BCUT2D eigenvalue weighted by Gasteiger charge is 2.11. The Morgan fingerprint density at radius 2 is 1.75 bits per heavy atom. The van der Waals surface area contributed by atoms with Gasteiger partial charge in [-0.1, -0.05) is 53.0 Å². The van der Waals surface area contributed by atoms with Gasteiger partial charge in [-0.05, 0) is 19.1 Å². The first-order valence-corrected chi connectivity index (χ1v) is 7.25. The molecule has 0 spiro atoms. The van der Waals surface area contributed by atoms with Crippen LogP contribution in [0.15, 0.2) is 36.4 Å². The molecule has 0 heterocycles. The van der Waals surface area contributed by atoms with E-state index in [0.717, 1.165) is 18.7 Å². The Balaban J connectivity index is 2.02. The number of hydrogen-bond donors (Lipinski definition) is 1. The summed E-state index contributed by atoms with van der Waals surface area (Å²) in [6, 6.07) is 12.1. The van der Waals surface area contributed by atoms with E-state index in [1.807, 2.05) is 6.07 Å². The molecule has 0 aliphatic rings. The number of halogens is 2. The Bertz CT molecular complexity index is 582. The van der Waals surface area contributed by atoms with Crippen molar-refractivity contribution in [2.75, 3.05) is 7.11 Å². The van der Waals surface area contributed by atoms with Crippen LogP contribution in [0.1, 0.15) is 16.7 Å². The van der Waals surface area contributed by atoms with Gasteiger partial charge >= 0.3 is 0 Å². The zero-order valence-corrected chi connectivity index (χ0v) is 13.1. The molecule has 2 N–H and O–H groups in total. The average molecular weight is 311 g/mol. The van der Waals surface area contributed by atoms with E-state index in [0.29, 0.717) is 15.8 Å². The summed E-state index contributed by atoms with van der Waals surface area (Å²) in [5.74, 6) is 0.705. The second-order valence-electron chi connectivity index (χ2n) is 4.76. The molecule has 4 heteroatoms. The third-order valence-corrected chi connectivity index (χ3v) is 3.65. The van der Waals surface area contributed by atoms with Crippen molar-refractivity contribution in [3.05, 3.63) is 63.1 Å². The van der Waals surface area contributed by atoms with E-state index < -0.39 is 0 Å². The van der Waals surface area contributed by atoms with Crippen molar-refractivity contribution in [3.8, 4) is 5.75 Å². The zero-order valence-electron chi connectivity index (χ0n) is 11.6. The third-order valence-electron chi connectivity index (χ3n) is 3.15. The lowest BCUT2D eigenvalue weighted by Gasteiger charge is -2.10. The monoisotopic (exact) mass is 310 g/mol. The van der Waals surface area contributed by atoms with Crippen molar-refractivity contribution in [1.82, 2.24) is 0 Å². The summed E-state index contributed by atoms with van der Waals surface area (Å²) < 4.78 is 5.34. The smallest absolute Gasteiger partial charge is 0.146 e. The molecule has 106 valence electrons. The van der Waals surface area contributed by atoms with Crippen molar-refractivity contribution < 1.29 is 10.1 Å². The fourth-order valence-corrected chi connectivity index (χ4v) is 2.73. The predicted molar refractivity (Wildman–Crippen MR) is 83.5 cm³/mol. The van der Waals surface area contributed by atoms with Gasteiger partial charge in [-0.25, -0.2) is 0 Å². The van der Waals surface area contributed by atoms with E-state index in [2.05, 4.69) is 36.5 Å². The summed E-state index contributed by atoms with van der Waals surface area (Å²) in [5.41, 5.74) is 3.58. The first-order valence-electron chi connectivity index (χ1n) is 6.49. The molecular weight excluding hydrogens is 293 g/mol. The number of rotatable bonds is 5. The molecule has 0 saturated carbocycles. The van der Waals surface area contributed by atoms with Gasteiger partial charge in [0.25, 0.3) is 0 Å². The Labute approximate surface area is 129 Å².